The molecule has 0 aliphatic heterocycles. The molecule has 196 valence electrons. The van der Waals surface area contributed by atoms with Crippen LogP contribution in [0.25, 0.3) is 0 Å². The zero-order chi connectivity index (χ0) is 24.9. The van der Waals surface area contributed by atoms with Crippen molar-refractivity contribution in [2.75, 3.05) is 5.75 Å². The molecule has 0 bridgehead atoms. The molecule has 10 atom stereocenters. The van der Waals surface area contributed by atoms with Crippen LogP contribution < -0.4 is 5.32 Å². The van der Waals surface area contributed by atoms with Gasteiger partial charge >= 0.3 is 0 Å². The van der Waals surface area contributed by atoms with Crippen molar-refractivity contribution in [1.82, 2.24) is 5.32 Å². The highest BCUT2D eigenvalue weighted by atomic mass is 32.2. The maximum Gasteiger partial charge on any atom is 0.220 e. The molecule has 4 rings (SSSR count). The van der Waals surface area contributed by atoms with Crippen LogP contribution in [0.4, 0.5) is 0 Å². The van der Waals surface area contributed by atoms with Gasteiger partial charge in [-0.15, -0.1) is 0 Å². The maximum atomic E-state index is 12.4. The van der Waals surface area contributed by atoms with E-state index in [1.54, 1.807) is 6.92 Å². The van der Waals surface area contributed by atoms with Gasteiger partial charge in [0.1, 0.15) is 0 Å². The first-order valence-electron chi connectivity index (χ1n) is 13.7. The zero-order valence-electron chi connectivity index (χ0n) is 21.6. The maximum absolute atomic E-state index is 12.4. The summed E-state index contributed by atoms with van der Waals surface area (Å²) in [5.41, 5.74) is 0.748. The number of aliphatic hydroxyl groups is 1. The Morgan fingerprint density at radius 2 is 1.71 bits per heavy atom. The Morgan fingerprint density at radius 1 is 1.03 bits per heavy atom. The molecule has 0 radical (unpaired) electrons. The van der Waals surface area contributed by atoms with E-state index < -0.39 is 21.9 Å². The molecular formula is C27H46NO5S-. The van der Waals surface area contributed by atoms with Crippen LogP contribution in [0.15, 0.2) is 0 Å². The van der Waals surface area contributed by atoms with E-state index in [2.05, 4.69) is 26.1 Å². The summed E-state index contributed by atoms with van der Waals surface area (Å²) in [6, 6.07) is -0.647. The Balaban J connectivity index is 1.36. The Morgan fingerprint density at radius 3 is 2.41 bits per heavy atom. The summed E-state index contributed by atoms with van der Waals surface area (Å²) >= 11 is 0. The average molecular weight is 497 g/mol. The molecule has 0 aromatic rings. The first-order chi connectivity index (χ1) is 15.8. The van der Waals surface area contributed by atoms with E-state index >= 15 is 0 Å². The summed E-state index contributed by atoms with van der Waals surface area (Å²) in [5, 5.41) is 12.9. The molecule has 7 heteroatoms. The quantitative estimate of drug-likeness (QED) is 0.506. The SMILES string of the molecule is C[C@H](CS(=O)(=O)[O-])NC(=O)CC[C@@H](C)[C@H]1CC[C@H]2[C@@H]3CC[C@@H]4C[C@H](O)CC[C@]4(C)[C@H]3CC[C@]12C. The van der Waals surface area contributed by atoms with Crippen molar-refractivity contribution in [2.45, 2.75) is 110 Å². The molecule has 4 aliphatic carbocycles. The minimum atomic E-state index is -4.34. The van der Waals surface area contributed by atoms with Crippen LogP contribution in [0.2, 0.25) is 0 Å². The smallest absolute Gasteiger partial charge is 0.220 e. The number of hydrogen-bond donors (Lipinski definition) is 2. The van der Waals surface area contributed by atoms with Crippen molar-refractivity contribution >= 4 is 16.0 Å². The van der Waals surface area contributed by atoms with Crippen LogP contribution in [-0.2, 0) is 14.9 Å². The van der Waals surface area contributed by atoms with Gasteiger partial charge in [0.2, 0.25) is 5.91 Å². The summed E-state index contributed by atoms with van der Waals surface area (Å²) in [4.78, 5) is 12.4. The van der Waals surface area contributed by atoms with E-state index in [0.29, 0.717) is 35.0 Å². The van der Waals surface area contributed by atoms with Gasteiger partial charge in [-0.2, -0.15) is 0 Å². The minimum Gasteiger partial charge on any atom is -0.748 e. The predicted octanol–water partition coefficient (Wildman–Crippen LogP) is 4.47. The first kappa shape index (κ1) is 26.4. The van der Waals surface area contributed by atoms with Gasteiger partial charge in [0, 0.05) is 12.5 Å². The molecular weight excluding hydrogens is 450 g/mol. The topological polar surface area (TPSA) is 107 Å². The molecule has 0 aromatic carbocycles. The monoisotopic (exact) mass is 496 g/mol. The van der Waals surface area contributed by atoms with Crippen LogP contribution in [0, 0.1) is 46.3 Å². The van der Waals surface area contributed by atoms with Crippen molar-refractivity contribution < 1.29 is 22.9 Å². The van der Waals surface area contributed by atoms with Gasteiger partial charge in [0.25, 0.3) is 0 Å². The summed E-state index contributed by atoms with van der Waals surface area (Å²) < 4.78 is 32.8. The fraction of sp³-hybridized carbons (Fsp3) is 0.963. The summed E-state index contributed by atoms with van der Waals surface area (Å²) in [6.45, 7) is 8.93. The lowest BCUT2D eigenvalue weighted by Gasteiger charge is -2.61. The molecule has 34 heavy (non-hydrogen) atoms. The normalized spacial score (nSPS) is 43.8. The van der Waals surface area contributed by atoms with Crippen LogP contribution in [0.5, 0.6) is 0 Å². The molecule has 0 aromatic heterocycles. The van der Waals surface area contributed by atoms with Gasteiger partial charge in [-0.05, 0) is 117 Å². The molecule has 0 saturated heterocycles. The lowest BCUT2D eigenvalue weighted by molar-refractivity contribution is -0.130. The predicted molar refractivity (Wildman–Crippen MR) is 132 cm³/mol. The average Bonchev–Trinajstić information content (AvgIpc) is 3.08. The Kier molecular flexibility index (Phi) is 7.50. The highest BCUT2D eigenvalue weighted by Crippen LogP contribution is 2.68. The minimum absolute atomic E-state index is 0.0925. The van der Waals surface area contributed by atoms with Crippen molar-refractivity contribution in [3.63, 3.8) is 0 Å². The van der Waals surface area contributed by atoms with Crippen LogP contribution >= 0.6 is 0 Å². The van der Waals surface area contributed by atoms with Crippen LogP contribution in [-0.4, -0.2) is 41.9 Å². The summed E-state index contributed by atoms with van der Waals surface area (Å²) in [6.07, 6.45) is 12.0. The standard InChI is InChI=1S/C27H47NO5S/c1-17(5-10-25(30)28-18(2)16-34(31,32)33)22-8-9-23-21-7-6-19-15-20(29)11-13-26(19,3)24(21)12-14-27(22,23)4/h17-24,29H,5-16H2,1-4H3,(H,28,30)(H,31,32,33)/p-1/t17-,18-,19-,20-,21+,22-,23+,24+,26+,27-/m1/s1. The largest absolute Gasteiger partial charge is 0.748 e. The van der Waals surface area contributed by atoms with E-state index in [1.807, 2.05) is 0 Å². The number of carbonyl (C=O) groups is 1. The highest BCUT2D eigenvalue weighted by Gasteiger charge is 2.60. The number of nitrogens with one attached hydrogen (secondary N) is 1. The number of carbonyl (C=O) groups excluding carboxylic acids is 1. The molecule has 2 N–H and O–H groups in total. The highest BCUT2D eigenvalue weighted by molar-refractivity contribution is 7.85. The van der Waals surface area contributed by atoms with Gasteiger partial charge in [-0.3, -0.25) is 4.79 Å². The molecule has 1 amide bonds. The molecule has 6 nitrogen and oxygen atoms in total. The van der Waals surface area contributed by atoms with Gasteiger partial charge < -0.3 is 15.0 Å². The van der Waals surface area contributed by atoms with E-state index in [0.717, 1.165) is 37.0 Å². The first-order valence-corrected chi connectivity index (χ1v) is 15.3. The second-order valence-electron chi connectivity index (χ2n) is 13.0. The third kappa shape index (κ3) is 5.08. The molecule has 4 saturated carbocycles. The van der Waals surface area contributed by atoms with Crippen molar-refractivity contribution in [3.05, 3.63) is 0 Å². The lowest BCUT2D eigenvalue weighted by Crippen LogP contribution is -2.54. The fourth-order valence-corrected chi connectivity index (χ4v) is 10.2. The van der Waals surface area contributed by atoms with Crippen molar-refractivity contribution in [2.24, 2.45) is 46.3 Å². The molecule has 0 spiro atoms. The number of aliphatic hydroxyl groups excluding tert-OH is 1. The van der Waals surface area contributed by atoms with Gasteiger partial charge in [-0.25, -0.2) is 8.42 Å². The van der Waals surface area contributed by atoms with E-state index in [1.165, 1.54) is 44.9 Å². The number of amides is 1. The van der Waals surface area contributed by atoms with Gasteiger partial charge in [-0.1, -0.05) is 20.8 Å². The Bertz CT molecular complexity index is 861. The third-order valence-corrected chi connectivity index (χ3v) is 12.0. The summed E-state index contributed by atoms with van der Waals surface area (Å²) in [7, 11) is -4.34. The van der Waals surface area contributed by atoms with E-state index in [4.69, 9.17) is 0 Å². The summed E-state index contributed by atoms with van der Waals surface area (Å²) in [5.74, 6) is 3.45. The van der Waals surface area contributed by atoms with Gasteiger partial charge in [0.05, 0.1) is 22.0 Å². The second-order valence-corrected chi connectivity index (χ2v) is 14.5. The van der Waals surface area contributed by atoms with E-state index in [-0.39, 0.29) is 12.0 Å². The Labute approximate surface area is 206 Å². The Hall–Kier alpha value is -0.660. The number of rotatable bonds is 7. The van der Waals surface area contributed by atoms with Crippen molar-refractivity contribution in [1.29, 1.82) is 0 Å². The van der Waals surface area contributed by atoms with Crippen LogP contribution in [0.3, 0.4) is 0 Å². The molecule has 0 unspecified atom stereocenters. The fourth-order valence-electron chi connectivity index (χ4n) is 9.47. The third-order valence-electron chi connectivity index (χ3n) is 11.1. The van der Waals surface area contributed by atoms with E-state index in [9.17, 15) is 22.9 Å². The van der Waals surface area contributed by atoms with Crippen molar-refractivity contribution in [3.8, 4) is 0 Å². The molecule has 4 aliphatic rings. The van der Waals surface area contributed by atoms with Crippen LogP contribution in [0.1, 0.15) is 98.3 Å². The number of fused-ring (bicyclic) bond motifs is 5. The molecule has 0 heterocycles. The zero-order valence-corrected chi connectivity index (χ0v) is 22.4. The van der Waals surface area contributed by atoms with Gasteiger partial charge in [0.15, 0.2) is 0 Å². The number of hydrogen-bond acceptors (Lipinski definition) is 5. The molecule has 4 fully saturated rings. The lowest BCUT2D eigenvalue weighted by atomic mass is 9.44. The second kappa shape index (κ2) is 9.66.